The number of alkyl halides is 1. The van der Waals surface area contributed by atoms with Gasteiger partial charge in [0.2, 0.25) is 0 Å². The van der Waals surface area contributed by atoms with E-state index in [9.17, 15) is 8.78 Å². The summed E-state index contributed by atoms with van der Waals surface area (Å²) in [5, 5.41) is 0. The van der Waals surface area contributed by atoms with E-state index in [-0.39, 0.29) is 24.1 Å². The predicted molar refractivity (Wildman–Crippen MR) is 74.4 cm³/mol. The van der Waals surface area contributed by atoms with Gasteiger partial charge in [-0.2, -0.15) is 0 Å². The minimum absolute atomic E-state index is 0.144. The van der Waals surface area contributed by atoms with Crippen molar-refractivity contribution in [3.05, 3.63) is 63.6 Å². The molecule has 0 aliphatic carbocycles. The van der Waals surface area contributed by atoms with Gasteiger partial charge in [-0.05, 0) is 29.8 Å². The van der Waals surface area contributed by atoms with Crippen molar-refractivity contribution in [2.45, 2.75) is 12.5 Å². The average Bonchev–Trinajstić information content (AvgIpc) is 2.39. The van der Waals surface area contributed by atoms with E-state index in [1.807, 2.05) is 0 Å². The van der Waals surface area contributed by atoms with Crippen LogP contribution in [0.25, 0.3) is 0 Å². The van der Waals surface area contributed by atoms with Gasteiger partial charge in [0, 0.05) is 15.9 Å². The molecule has 0 saturated heterocycles. The first kappa shape index (κ1) is 14.3. The van der Waals surface area contributed by atoms with Gasteiger partial charge in [0.1, 0.15) is 12.4 Å². The van der Waals surface area contributed by atoms with E-state index in [0.717, 1.165) is 5.56 Å². The first-order valence-corrected chi connectivity index (χ1v) is 6.84. The molecule has 0 aromatic heterocycles. The van der Waals surface area contributed by atoms with Crippen molar-refractivity contribution in [1.82, 2.24) is 0 Å². The SMILES string of the molecule is Fc1ccc(COc2ccc(CCl)cc2F)c(Br)c1. The zero-order chi connectivity index (χ0) is 13.8. The molecule has 0 bridgehead atoms. The van der Waals surface area contributed by atoms with Crippen molar-refractivity contribution in [3.8, 4) is 5.75 Å². The number of ether oxygens (including phenoxy) is 1. The third-order valence-corrected chi connectivity index (χ3v) is 3.60. The van der Waals surface area contributed by atoms with E-state index in [0.29, 0.717) is 10.0 Å². The van der Waals surface area contributed by atoms with E-state index in [4.69, 9.17) is 16.3 Å². The molecular weight excluding hydrogens is 338 g/mol. The molecule has 0 spiro atoms. The van der Waals surface area contributed by atoms with Crippen molar-refractivity contribution in [2.75, 3.05) is 0 Å². The molecular formula is C14H10BrClF2O. The Balaban J connectivity index is 2.10. The Bertz CT molecular complexity index is 590. The average molecular weight is 348 g/mol. The first-order valence-electron chi connectivity index (χ1n) is 5.51. The predicted octanol–water partition coefficient (Wildman–Crippen LogP) is 5.05. The summed E-state index contributed by atoms with van der Waals surface area (Å²) < 4.78 is 32.5. The zero-order valence-electron chi connectivity index (χ0n) is 9.80. The lowest BCUT2D eigenvalue weighted by Gasteiger charge is -2.09. The highest BCUT2D eigenvalue weighted by molar-refractivity contribution is 9.10. The molecule has 0 aliphatic heterocycles. The highest BCUT2D eigenvalue weighted by Gasteiger charge is 2.07. The Kier molecular flexibility index (Phi) is 4.77. The summed E-state index contributed by atoms with van der Waals surface area (Å²) in [6.45, 7) is 0.151. The van der Waals surface area contributed by atoms with Gasteiger partial charge in [0.15, 0.2) is 11.6 Å². The summed E-state index contributed by atoms with van der Waals surface area (Å²) in [5.41, 5.74) is 1.43. The van der Waals surface area contributed by atoms with Crippen molar-refractivity contribution in [2.24, 2.45) is 0 Å². The maximum absolute atomic E-state index is 13.6. The summed E-state index contributed by atoms with van der Waals surface area (Å²) in [6, 6.07) is 8.82. The minimum atomic E-state index is -0.462. The van der Waals surface area contributed by atoms with Crippen LogP contribution in [0.4, 0.5) is 8.78 Å². The monoisotopic (exact) mass is 346 g/mol. The Morgan fingerprint density at radius 3 is 2.53 bits per heavy atom. The van der Waals surface area contributed by atoms with Gasteiger partial charge >= 0.3 is 0 Å². The van der Waals surface area contributed by atoms with Crippen molar-refractivity contribution in [3.63, 3.8) is 0 Å². The smallest absolute Gasteiger partial charge is 0.165 e. The number of hydrogen-bond donors (Lipinski definition) is 0. The molecule has 2 aromatic carbocycles. The lowest BCUT2D eigenvalue weighted by molar-refractivity contribution is 0.289. The van der Waals surface area contributed by atoms with Crippen molar-refractivity contribution < 1.29 is 13.5 Å². The fourth-order valence-electron chi connectivity index (χ4n) is 1.54. The van der Waals surface area contributed by atoms with Crippen LogP contribution >= 0.6 is 27.5 Å². The molecule has 0 fully saturated rings. The fourth-order valence-corrected chi connectivity index (χ4v) is 2.17. The normalized spacial score (nSPS) is 10.5. The first-order chi connectivity index (χ1) is 9.10. The van der Waals surface area contributed by atoms with Crippen LogP contribution < -0.4 is 4.74 Å². The third kappa shape index (κ3) is 3.67. The molecule has 0 amide bonds. The minimum Gasteiger partial charge on any atom is -0.486 e. The quantitative estimate of drug-likeness (QED) is 0.704. The van der Waals surface area contributed by atoms with Crippen LogP contribution in [-0.4, -0.2) is 0 Å². The third-order valence-electron chi connectivity index (χ3n) is 2.55. The Hall–Kier alpha value is -1.13. The molecule has 100 valence electrons. The van der Waals surface area contributed by atoms with Gasteiger partial charge in [-0.15, -0.1) is 11.6 Å². The molecule has 5 heteroatoms. The van der Waals surface area contributed by atoms with Crippen LogP contribution in [-0.2, 0) is 12.5 Å². The van der Waals surface area contributed by atoms with Crippen LogP contribution in [0.3, 0.4) is 0 Å². The Labute approximate surface area is 123 Å². The Morgan fingerprint density at radius 1 is 1.11 bits per heavy atom. The summed E-state index contributed by atoms with van der Waals surface area (Å²) in [5.74, 6) is -0.407. The summed E-state index contributed by atoms with van der Waals surface area (Å²) >= 11 is 8.84. The molecule has 0 aliphatic rings. The van der Waals surface area contributed by atoms with Gasteiger partial charge in [-0.1, -0.05) is 28.1 Å². The molecule has 0 unspecified atom stereocenters. The number of rotatable bonds is 4. The molecule has 0 heterocycles. The second-order valence-corrected chi connectivity index (χ2v) is 5.04. The van der Waals surface area contributed by atoms with Crippen LogP contribution in [0.1, 0.15) is 11.1 Å². The van der Waals surface area contributed by atoms with Gasteiger partial charge in [-0.3, -0.25) is 0 Å². The molecule has 0 N–H and O–H groups in total. The second kappa shape index (κ2) is 6.35. The number of benzene rings is 2. The lowest BCUT2D eigenvalue weighted by Crippen LogP contribution is -1.99. The van der Waals surface area contributed by atoms with E-state index in [1.54, 1.807) is 12.1 Å². The van der Waals surface area contributed by atoms with Crippen LogP contribution in [0.15, 0.2) is 40.9 Å². The van der Waals surface area contributed by atoms with E-state index in [2.05, 4.69) is 15.9 Å². The molecule has 1 nitrogen and oxygen atoms in total. The standard InChI is InChI=1S/C14H10BrClF2O/c15-12-6-11(17)3-2-10(12)8-19-14-4-1-9(7-16)5-13(14)18/h1-6H,7-8H2. The molecule has 0 radical (unpaired) electrons. The topological polar surface area (TPSA) is 9.23 Å². The second-order valence-electron chi connectivity index (χ2n) is 3.92. The van der Waals surface area contributed by atoms with Crippen LogP contribution in [0.2, 0.25) is 0 Å². The summed E-state index contributed by atoms with van der Waals surface area (Å²) in [6.07, 6.45) is 0. The van der Waals surface area contributed by atoms with Crippen molar-refractivity contribution in [1.29, 1.82) is 0 Å². The maximum atomic E-state index is 13.6. The van der Waals surface area contributed by atoms with Crippen molar-refractivity contribution >= 4 is 27.5 Å². The number of hydrogen-bond acceptors (Lipinski definition) is 1. The highest BCUT2D eigenvalue weighted by atomic mass is 79.9. The van der Waals surface area contributed by atoms with E-state index < -0.39 is 5.82 Å². The van der Waals surface area contributed by atoms with Gasteiger partial charge in [0.05, 0.1) is 0 Å². The molecule has 19 heavy (non-hydrogen) atoms. The molecule has 2 aromatic rings. The van der Waals surface area contributed by atoms with Gasteiger partial charge in [-0.25, -0.2) is 8.78 Å². The highest BCUT2D eigenvalue weighted by Crippen LogP contribution is 2.23. The van der Waals surface area contributed by atoms with Crippen LogP contribution in [0.5, 0.6) is 5.75 Å². The fraction of sp³-hybridized carbons (Fsp3) is 0.143. The largest absolute Gasteiger partial charge is 0.486 e. The molecule has 2 rings (SSSR count). The summed E-state index contributed by atoms with van der Waals surface area (Å²) in [4.78, 5) is 0. The van der Waals surface area contributed by atoms with Crippen LogP contribution in [0, 0.1) is 11.6 Å². The number of halogens is 4. The van der Waals surface area contributed by atoms with Gasteiger partial charge < -0.3 is 4.74 Å². The molecule has 0 saturated carbocycles. The Morgan fingerprint density at radius 2 is 1.89 bits per heavy atom. The zero-order valence-corrected chi connectivity index (χ0v) is 12.1. The van der Waals surface area contributed by atoms with E-state index in [1.165, 1.54) is 24.3 Å². The van der Waals surface area contributed by atoms with Gasteiger partial charge in [0.25, 0.3) is 0 Å². The maximum Gasteiger partial charge on any atom is 0.165 e. The summed E-state index contributed by atoms with van der Waals surface area (Å²) in [7, 11) is 0. The molecule has 0 atom stereocenters. The van der Waals surface area contributed by atoms with E-state index >= 15 is 0 Å². The lowest BCUT2D eigenvalue weighted by atomic mass is 10.2.